The summed E-state index contributed by atoms with van der Waals surface area (Å²) in [6.45, 7) is 8.39. The van der Waals surface area contributed by atoms with Gasteiger partial charge in [-0.2, -0.15) is 0 Å². The molecule has 0 spiro atoms. The van der Waals surface area contributed by atoms with Crippen LogP contribution in [0.3, 0.4) is 0 Å². The summed E-state index contributed by atoms with van der Waals surface area (Å²) in [5.74, 6) is -3.35. The van der Waals surface area contributed by atoms with E-state index in [9.17, 15) is 14.4 Å². The van der Waals surface area contributed by atoms with Crippen molar-refractivity contribution < 1.29 is 19.5 Å². The molecule has 2 amide bonds. The molecule has 0 bridgehead atoms. The van der Waals surface area contributed by atoms with Crippen LogP contribution in [-0.2, 0) is 14.4 Å². The molecule has 0 radical (unpaired) electrons. The highest BCUT2D eigenvalue weighted by Crippen LogP contribution is 2.26. The molecule has 6 nitrogen and oxygen atoms in total. The van der Waals surface area contributed by atoms with Gasteiger partial charge in [-0.25, -0.2) is 0 Å². The molecular formula is C12H22N2O4. The van der Waals surface area contributed by atoms with Crippen molar-refractivity contribution >= 4 is 17.8 Å². The fourth-order valence-electron chi connectivity index (χ4n) is 1.52. The van der Waals surface area contributed by atoms with Gasteiger partial charge in [0.25, 0.3) is 0 Å². The summed E-state index contributed by atoms with van der Waals surface area (Å²) in [5.41, 5.74) is -0.704. The molecule has 1 atom stereocenters. The van der Waals surface area contributed by atoms with Gasteiger partial charge in [0.05, 0.1) is 6.54 Å². The van der Waals surface area contributed by atoms with Crippen molar-refractivity contribution in [3.63, 3.8) is 0 Å². The van der Waals surface area contributed by atoms with Crippen LogP contribution >= 0.6 is 0 Å². The first-order chi connectivity index (χ1) is 8.05. The van der Waals surface area contributed by atoms with Gasteiger partial charge in [0.2, 0.25) is 11.8 Å². The van der Waals surface area contributed by atoms with Crippen LogP contribution in [0.1, 0.15) is 34.6 Å². The molecule has 104 valence electrons. The number of aliphatic carboxylic acids is 1. The van der Waals surface area contributed by atoms with Crippen molar-refractivity contribution in [2.45, 2.75) is 40.7 Å². The predicted octanol–water partition coefficient (Wildman–Crippen LogP) is 0.374. The van der Waals surface area contributed by atoms with Crippen LogP contribution in [-0.4, -0.2) is 35.5 Å². The van der Waals surface area contributed by atoms with Crippen molar-refractivity contribution in [1.82, 2.24) is 10.6 Å². The Hall–Kier alpha value is -1.59. The monoisotopic (exact) mass is 258 g/mol. The first-order valence-electron chi connectivity index (χ1n) is 5.85. The fraction of sp³-hybridized carbons (Fsp3) is 0.750. The number of hydrogen-bond acceptors (Lipinski definition) is 3. The molecule has 0 aliphatic rings. The maximum atomic E-state index is 11.7. The molecule has 0 aromatic rings. The van der Waals surface area contributed by atoms with Gasteiger partial charge in [0.1, 0.15) is 5.92 Å². The predicted molar refractivity (Wildman–Crippen MR) is 66.9 cm³/mol. The van der Waals surface area contributed by atoms with Crippen LogP contribution in [0.25, 0.3) is 0 Å². The number of rotatable bonds is 5. The van der Waals surface area contributed by atoms with Crippen molar-refractivity contribution in [2.24, 2.45) is 11.3 Å². The Morgan fingerprint density at radius 1 is 1.17 bits per heavy atom. The van der Waals surface area contributed by atoms with Crippen LogP contribution < -0.4 is 10.6 Å². The Balaban J connectivity index is 4.47. The molecule has 0 aliphatic heterocycles. The van der Waals surface area contributed by atoms with Gasteiger partial charge in [-0.3, -0.25) is 14.4 Å². The maximum absolute atomic E-state index is 11.7. The van der Waals surface area contributed by atoms with E-state index >= 15 is 0 Å². The van der Waals surface area contributed by atoms with Crippen LogP contribution in [0.2, 0.25) is 0 Å². The zero-order chi connectivity index (χ0) is 14.5. The zero-order valence-electron chi connectivity index (χ0n) is 11.5. The molecule has 0 aliphatic carbocycles. The van der Waals surface area contributed by atoms with E-state index in [2.05, 4.69) is 10.6 Å². The summed E-state index contributed by atoms with van der Waals surface area (Å²) >= 11 is 0. The number of carboxylic acid groups (broad SMARTS) is 1. The largest absolute Gasteiger partial charge is 0.481 e. The number of carboxylic acids is 1. The quantitative estimate of drug-likeness (QED) is 0.621. The smallest absolute Gasteiger partial charge is 0.316 e. The SMILES string of the molecule is CC(C)NC(=O)CNC(=O)C(C(=O)O)C(C)(C)C. The van der Waals surface area contributed by atoms with Crippen molar-refractivity contribution in [1.29, 1.82) is 0 Å². The van der Waals surface area contributed by atoms with Gasteiger partial charge in [-0.05, 0) is 19.3 Å². The highest BCUT2D eigenvalue weighted by Gasteiger charge is 2.37. The van der Waals surface area contributed by atoms with Crippen LogP contribution in [0, 0.1) is 11.3 Å². The molecule has 0 rings (SSSR count). The van der Waals surface area contributed by atoms with Gasteiger partial charge in [-0.1, -0.05) is 20.8 Å². The lowest BCUT2D eigenvalue weighted by atomic mass is 9.80. The summed E-state index contributed by atoms with van der Waals surface area (Å²) in [6, 6.07) is -0.0210. The molecule has 6 heteroatoms. The van der Waals surface area contributed by atoms with Gasteiger partial charge in [-0.15, -0.1) is 0 Å². The standard InChI is InChI=1S/C12H22N2O4/c1-7(2)14-8(15)6-13-10(16)9(11(17)18)12(3,4)5/h7,9H,6H2,1-5H3,(H,13,16)(H,14,15)(H,17,18). The summed E-state index contributed by atoms with van der Waals surface area (Å²) in [6.07, 6.45) is 0. The summed E-state index contributed by atoms with van der Waals surface area (Å²) < 4.78 is 0. The number of carbonyl (C=O) groups is 3. The van der Waals surface area contributed by atoms with E-state index in [4.69, 9.17) is 5.11 Å². The lowest BCUT2D eigenvalue weighted by Gasteiger charge is -2.25. The Morgan fingerprint density at radius 3 is 2.00 bits per heavy atom. The lowest BCUT2D eigenvalue weighted by molar-refractivity contribution is -0.152. The molecule has 18 heavy (non-hydrogen) atoms. The molecule has 3 N–H and O–H groups in total. The van der Waals surface area contributed by atoms with E-state index in [1.807, 2.05) is 0 Å². The molecule has 0 saturated heterocycles. The first-order valence-corrected chi connectivity index (χ1v) is 5.85. The second-order valence-corrected chi connectivity index (χ2v) is 5.58. The normalized spacial score (nSPS) is 13.0. The molecule has 0 heterocycles. The third-order valence-corrected chi connectivity index (χ3v) is 2.25. The summed E-state index contributed by atoms with van der Waals surface area (Å²) in [5, 5.41) is 14.0. The minimum Gasteiger partial charge on any atom is -0.481 e. The highest BCUT2D eigenvalue weighted by molar-refractivity contribution is 5.99. The van der Waals surface area contributed by atoms with Crippen molar-refractivity contribution in [3.05, 3.63) is 0 Å². The molecule has 1 unspecified atom stereocenters. The number of carbonyl (C=O) groups excluding carboxylic acids is 2. The highest BCUT2D eigenvalue weighted by atomic mass is 16.4. The average molecular weight is 258 g/mol. The van der Waals surface area contributed by atoms with Gasteiger partial charge < -0.3 is 15.7 Å². The third kappa shape index (κ3) is 5.65. The Labute approximate surface area is 107 Å². The van der Waals surface area contributed by atoms with Gasteiger partial charge in [0, 0.05) is 6.04 Å². The van der Waals surface area contributed by atoms with Crippen molar-refractivity contribution in [2.75, 3.05) is 6.54 Å². The second kappa shape index (κ2) is 6.37. The van der Waals surface area contributed by atoms with E-state index in [1.165, 1.54) is 0 Å². The third-order valence-electron chi connectivity index (χ3n) is 2.25. The molecule has 0 aromatic carbocycles. The van der Waals surface area contributed by atoms with Crippen molar-refractivity contribution in [3.8, 4) is 0 Å². The number of hydrogen-bond donors (Lipinski definition) is 3. The molecular weight excluding hydrogens is 236 g/mol. The van der Waals surface area contributed by atoms with Crippen LogP contribution in [0.15, 0.2) is 0 Å². The van der Waals surface area contributed by atoms with Gasteiger partial charge >= 0.3 is 5.97 Å². The van der Waals surface area contributed by atoms with E-state index in [0.29, 0.717) is 0 Å². The maximum Gasteiger partial charge on any atom is 0.316 e. The molecule has 0 fully saturated rings. The topological polar surface area (TPSA) is 95.5 Å². The number of nitrogens with one attached hydrogen (secondary N) is 2. The average Bonchev–Trinajstić information content (AvgIpc) is 2.10. The fourth-order valence-corrected chi connectivity index (χ4v) is 1.52. The zero-order valence-corrected chi connectivity index (χ0v) is 11.5. The van der Waals surface area contributed by atoms with Gasteiger partial charge in [0.15, 0.2) is 0 Å². The Bertz CT molecular complexity index is 331. The van der Waals surface area contributed by atoms with E-state index < -0.39 is 23.2 Å². The Kier molecular flexibility index (Phi) is 5.81. The number of amides is 2. The minimum atomic E-state index is -1.19. The first kappa shape index (κ1) is 16.4. The Morgan fingerprint density at radius 2 is 1.67 bits per heavy atom. The summed E-state index contributed by atoms with van der Waals surface area (Å²) in [7, 11) is 0. The second-order valence-electron chi connectivity index (χ2n) is 5.58. The molecule has 0 aromatic heterocycles. The lowest BCUT2D eigenvalue weighted by Crippen LogP contribution is -2.46. The van der Waals surface area contributed by atoms with Crippen LogP contribution in [0.4, 0.5) is 0 Å². The van der Waals surface area contributed by atoms with E-state index in [1.54, 1.807) is 34.6 Å². The van der Waals surface area contributed by atoms with E-state index in [0.717, 1.165) is 0 Å². The van der Waals surface area contributed by atoms with E-state index in [-0.39, 0.29) is 18.5 Å². The van der Waals surface area contributed by atoms with Crippen LogP contribution in [0.5, 0.6) is 0 Å². The molecule has 0 saturated carbocycles. The summed E-state index contributed by atoms with van der Waals surface area (Å²) in [4.78, 5) is 34.1. The minimum absolute atomic E-state index is 0.0210.